The van der Waals surface area contributed by atoms with Crippen LogP contribution in [0.1, 0.15) is 24.8 Å². The molecular formula is C11H19Cl2N3. The first-order valence-corrected chi connectivity index (χ1v) is 5.31. The van der Waals surface area contributed by atoms with E-state index in [-0.39, 0.29) is 24.8 Å². The summed E-state index contributed by atoms with van der Waals surface area (Å²) in [7, 11) is 0. The molecule has 0 aliphatic carbocycles. The summed E-state index contributed by atoms with van der Waals surface area (Å²) in [6, 6.07) is 4.02. The molecule has 0 spiro atoms. The van der Waals surface area contributed by atoms with Gasteiger partial charge in [0, 0.05) is 31.4 Å². The van der Waals surface area contributed by atoms with Gasteiger partial charge in [-0.1, -0.05) is 6.07 Å². The number of halogens is 2. The van der Waals surface area contributed by atoms with Crippen molar-refractivity contribution in [3.63, 3.8) is 0 Å². The minimum absolute atomic E-state index is 0. The van der Waals surface area contributed by atoms with Crippen LogP contribution in [0.3, 0.4) is 0 Å². The molecule has 0 atom stereocenters. The minimum Gasteiger partial charge on any atom is -0.356 e. The maximum absolute atomic E-state index is 5.69. The van der Waals surface area contributed by atoms with E-state index < -0.39 is 0 Å². The summed E-state index contributed by atoms with van der Waals surface area (Å²) < 4.78 is 0. The third-order valence-corrected chi connectivity index (χ3v) is 2.74. The number of aromatic nitrogens is 1. The van der Waals surface area contributed by atoms with Crippen molar-refractivity contribution < 1.29 is 0 Å². The predicted molar refractivity (Wildman–Crippen MR) is 72.7 cm³/mol. The molecule has 5 heteroatoms. The van der Waals surface area contributed by atoms with Crippen molar-refractivity contribution in [1.82, 2.24) is 4.98 Å². The Morgan fingerprint density at radius 1 is 1.19 bits per heavy atom. The Morgan fingerprint density at radius 2 is 1.88 bits per heavy atom. The summed E-state index contributed by atoms with van der Waals surface area (Å²) in [6.45, 7) is 2.84. The van der Waals surface area contributed by atoms with Gasteiger partial charge in [0.2, 0.25) is 0 Å². The molecule has 1 aliphatic rings. The van der Waals surface area contributed by atoms with Crippen molar-refractivity contribution in [3.05, 3.63) is 23.9 Å². The molecule has 2 rings (SSSR count). The van der Waals surface area contributed by atoms with Gasteiger partial charge in [0.25, 0.3) is 0 Å². The average molecular weight is 264 g/mol. The van der Waals surface area contributed by atoms with Crippen molar-refractivity contribution >= 4 is 30.6 Å². The largest absolute Gasteiger partial charge is 0.356 e. The monoisotopic (exact) mass is 263 g/mol. The van der Waals surface area contributed by atoms with Gasteiger partial charge in [-0.05, 0) is 25.3 Å². The van der Waals surface area contributed by atoms with Crippen molar-refractivity contribution in [2.75, 3.05) is 18.0 Å². The molecule has 0 bridgehead atoms. The molecule has 1 aromatic heterocycles. The number of nitrogens with two attached hydrogens (primary N) is 1. The number of piperidine rings is 1. The third kappa shape index (κ3) is 3.51. The summed E-state index contributed by atoms with van der Waals surface area (Å²) in [5.41, 5.74) is 6.85. The van der Waals surface area contributed by atoms with Crippen LogP contribution in [0, 0.1) is 0 Å². The van der Waals surface area contributed by atoms with Crippen molar-refractivity contribution in [2.45, 2.75) is 25.8 Å². The molecule has 1 aromatic rings. The van der Waals surface area contributed by atoms with Crippen LogP contribution in [0.15, 0.2) is 18.3 Å². The SMILES string of the molecule is Cl.Cl.NCc1cccnc1N1CCCCC1. The van der Waals surface area contributed by atoms with Crippen LogP contribution in [-0.2, 0) is 6.54 Å². The molecule has 2 heterocycles. The van der Waals surface area contributed by atoms with E-state index in [1.165, 1.54) is 19.3 Å². The molecule has 16 heavy (non-hydrogen) atoms. The molecule has 1 fully saturated rings. The number of anilines is 1. The Balaban J connectivity index is 0.00000112. The zero-order chi connectivity index (χ0) is 9.80. The lowest BCUT2D eigenvalue weighted by Gasteiger charge is -2.29. The summed E-state index contributed by atoms with van der Waals surface area (Å²) in [6.07, 6.45) is 5.76. The van der Waals surface area contributed by atoms with E-state index in [1.54, 1.807) is 0 Å². The fourth-order valence-corrected chi connectivity index (χ4v) is 1.98. The van der Waals surface area contributed by atoms with Gasteiger partial charge >= 0.3 is 0 Å². The van der Waals surface area contributed by atoms with Gasteiger partial charge in [0.05, 0.1) is 0 Å². The molecule has 0 amide bonds. The van der Waals surface area contributed by atoms with E-state index in [1.807, 2.05) is 12.3 Å². The standard InChI is InChI=1S/C11H17N3.2ClH/c12-9-10-5-4-6-13-11(10)14-7-2-1-3-8-14;;/h4-6H,1-3,7-9,12H2;2*1H. The van der Waals surface area contributed by atoms with Crippen LogP contribution in [0.2, 0.25) is 0 Å². The Bertz CT molecular complexity index is 301. The topological polar surface area (TPSA) is 42.1 Å². The maximum atomic E-state index is 5.69. The smallest absolute Gasteiger partial charge is 0.132 e. The van der Waals surface area contributed by atoms with Gasteiger partial charge in [-0.25, -0.2) is 4.98 Å². The van der Waals surface area contributed by atoms with Crippen LogP contribution < -0.4 is 10.6 Å². The summed E-state index contributed by atoms with van der Waals surface area (Å²) >= 11 is 0. The van der Waals surface area contributed by atoms with Crippen LogP contribution in [-0.4, -0.2) is 18.1 Å². The fraction of sp³-hybridized carbons (Fsp3) is 0.545. The number of hydrogen-bond acceptors (Lipinski definition) is 3. The predicted octanol–water partition coefficient (Wildman–Crippen LogP) is 2.37. The highest BCUT2D eigenvalue weighted by Gasteiger charge is 2.14. The lowest BCUT2D eigenvalue weighted by molar-refractivity contribution is 0.571. The summed E-state index contributed by atoms with van der Waals surface area (Å²) in [4.78, 5) is 6.77. The zero-order valence-electron chi connectivity index (χ0n) is 9.26. The second-order valence-corrected chi connectivity index (χ2v) is 3.74. The first-order chi connectivity index (χ1) is 6.92. The second-order valence-electron chi connectivity index (χ2n) is 3.74. The lowest BCUT2D eigenvalue weighted by atomic mass is 10.1. The normalized spacial score (nSPS) is 14.9. The van der Waals surface area contributed by atoms with Crippen LogP contribution in [0.25, 0.3) is 0 Å². The number of hydrogen-bond donors (Lipinski definition) is 1. The minimum atomic E-state index is 0. The number of nitrogens with zero attached hydrogens (tertiary/aromatic N) is 2. The first kappa shape index (κ1) is 15.5. The lowest BCUT2D eigenvalue weighted by Crippen LogP contribution is -2.31. The van der Waals surface area contributed by atoms with E-state index >= 15 is 0 Å². The van der Waals surface area contributed by atoms with Crippen LogP contribution >= 0.6 is 24.8 Å². The molecule has 0 aromatic carbocycles. The molecule has 0 saturated carbocycles. The van der Waals surface area contributed by atoms with Gasteiger partial charge in [-0.3, -0.25) is 0 Å². The molecule has 92 valence electrons. The van der Waals surface area contributed by atoms with Crippen LogP contribution in [0.5, 0.6) is 0 Å². The van der Waals surface area contributed by atoms with Crippen molar-refractivity contribution in [2.24, 2.45) is 5.73 Å². The molecule has 1 aliphatic heterocycles. The van der Waals surface area contributed by atoms with Crippen molar-refractivity contribution in [3.8, 4) is 0 Å². The molecule has 1 saturated heterocycles. The zero-order valence-corrected chi connectivity index (χ0v) is 10.9. The quantitative estimate of drug-likeness (QED) is 0.891. The Labute approximate surface area is 109 Å². The van der Waals surface area contributed by atoms with E-state index in [9.17, 15) is 0 Å². The van der Waals surface area contributed by atoms with Gasteiger partial charge < -0.3 is 10.6 Å². The summed E-state index contributed by atoms with van der Waals surface area (Å²) in [5.74, 6) is 1.09. The van der Waals surface area contributed by atoms with E-state index in [4.69, 9.17) is 5.73 Å². The highest BCUT2D eigenvalue weighted by atomic mass is 35.5. The van der Waals surface area contributed by atoms with Crippen LogP contribution in [0.4, 0.5) is 5.82 Å². The molecular weight excluding hydrogens is 245 g/mol. The highest BCUT2D eigenvalue weighted by Crippen LogP contribution is 2.20. The molecule has 2 N–H and O–H groups in total. The summed E-state index contributed by atoms with van der Waals surface area (Å²) in [5, 5.41) is 0. The first-order valence-electron chi connectivity index (χ1n) is 5.31. The maximum Gasteiger partial charge on any atom is 0.132 e. The van der Waals surface area contributed by atoms with Gasteiger partial charge in [-0.15, -0.1) is 24.8 Å². The molecule has 3 nitrogen and oxygen atoms in total. The van der Waals surface area contributed by atoms with E-state index in [0.29, 0.717) is 6.54 Å². The molecule has 0 radical (unpaired) electrons. The van der Waals surface area contributed by atoms with Gasteiger partial charge in [0.15, 0.2) is 0 Å². The second kappa shape index (κ2) is 7.71. The number of pyridine rings is 1. The fourth-order valence-electron chi connectivity index (χ4n) is 1.98. The van der Waals surface area contributed by atoms with Gasteiger partial charge in [0.1, 0.15) is 5.82 Å². The highest BCUT2D eigenvalue weighted by molar-refractivity contribution is 5.85. The van der Waals surface area contributed by atoms with E-state index in [2.05, 4.69) is 16.0 Å². The number of rotatable bonds is 2. The third-order valence-electron chi connectivity index (χ3n) is 2.74. The van der Waals surface area contributed by atoms with Gasteiger partial charge in [-0.2, -0.15) is 0 Å². The molecule has 0 unspecified atom stereocenters. The Kier molecular flexibility index (Phi) is 7.47. The average Bonchev–Trinajstić information content (AvgIpc) is 2.30. The van der Waals surface area contributed by atoms with Crippen molar-refractivity contribution in [1.29, 1.82) is 0 Å². The Hall–Kier alpha value is -0.510. The van der Waals surface area contributed by atoms with E-state index in [0.717, 1.165) is 24.5 Å². The Morgan fingerprint density at radius 3 is 2.50 bits per heavy atom.